The van der Waals surface area contributed by atoms with Crippen LogP contribution in [0, 0.1) is 5.92 Å². The van der Waals surface area contributed by atoms with E-state index in [-0.39, 0.29) is 11.9 Å². The van der Waals surface area contributed by atoms with Crippen LogP contribution >= 0.6 is 11.3 Å². The Bertz CT molecular complexity index is 758. The molecule has 0 radical (unpaired) electrons. The molecule has 2 atom stereocenters. The van der Waals surface area contributed by atoms with Gasteiger partial charge in [0.1, 0.15) is 23.0 Å². The molecule has 2 aromatic heterocycles. The number of nitrogens with one attached hydrogen (secondary N) is 1. The Morgan fingerprint density at radius 3 is 3.17 bits per heavy atom. The van der Waals surface area contributed by atoms with Crippen LogP contribution in [0.4, 0.5) is 5.82 Å². The number of aromatic nitrogens is 2. The Labute approximate surface area is 139 Å². The smallest absolute Gasteiger partial charge is 0.236 e. The number of carbonyl (C=O) groups excluding carboxylic acids is 1. The minimum Gasteiger partial charge on any atom is -0.368 e. The molecule has 1 aliphatic heterocycles. The van der Waals surface area contributed by atoms with E-state index in [1.807, 2.05) is 0 Å². The van der Waals surface area contributed by atoms with E-state index < -0.39 is 0 Å². The van der Waals surface area contributed by atoms with E-state index in [2.05, 4.69) is 27.1 Å². The molecule has 3 N–H and O–H groups in total. The van der Waals surface area contributed by atoms with Gasteiger partial charge in [0.25, 0.3) is 0 Å². The molecule has 0 spiro atoms. The maximum Gasteiger partial charge on any atom is 0.236 e. The number of aryl methyl sites for hydroxylation is 1. The molecule has 122 valence electrons. The third-order valence-corrected chi connectivity index (χ3v) is 6.05. The Morgan fingerprint density at radius 2 is 2.35 bits per heavy atom. The lowest BCUT2D eigenvalue weighted by Gasteiger charge is -2.33. The lowest BCUT2D eigenvalue weighted by molar-refractivity contribution is -0.120. The second-order valence-corrected chi connectivity index (χ2v) is 7.67. The molecule has 1 amide bonds. The monoisotopic (exact) mass is 331 g/mol. The minimum atomic E-state index is -0.316. The summed E-state index contributed by atoms with van der Waals surface area (Å²) in [5, 5.41) is 4.37. The van der Waals surface area contributed by atoms with Crippen LogP contribution in [0.2, 0.25) is 0 Å². The maximum atomic E-state index is 11.5. The van der Waals surface area contributed by atoms with Crippen LogP contribution in [0.25, 0.3) is 10.2 Å². The molecular weight excluding hydrogens is 310 g/mol. The Morgan fingerprint density at radius 1 is 1.48 bits per heavy atom. The number of carbonyl (C=O) groups is 1. The van der Waals surface area contributed by atoms with Gasteiger partial charge >= 0.3 is 0 Å². The predicted octanol–water partition coefficient (Wildman–Crippen LogP) is 1.08. The van der Waals surface area contributed by atoms with E-state index in [0.29, 0.717) is 6.54 Å². The standard InChI is InChI=1S/C16H21N5OS/c1-9-2-3-10-12(6-9)23-16-13(10)15(19-8-20-16)21-5-4-18-11(7-21)14(17)22/h8-9,11,18H,2-7H2,1H3,(H2,17,22). The summed E-state index contributed by atoms with van der Waals surface area (Å²) < 4.78 is 0. The normalized spacial score (nSPS) is 24.7. The molecule has 2 aliphatic rings. The van der Waals surface area contributed by atoms with E-state index >= 15 is 0 Å². The largest absolute Gasteiger partial charge is 0.368 e. The van der Waals surface area contributed by atoms with Gasteiger partial charge in [-0.2, -0.15) is 0 Å². The fraction of sp³-hybridized carbons (Fsp3) is 0.562. The minimum absolute atomic E-state index is 0.304. The third kappa shape index (κ3) is 2.57. The summed E-state index contributed by atoms with van der Waals surface area (Å²) in [5.41, 5.74) is 6.89. The van der Waals surface area contributed by atoms with Crippen LogP contribution in [-0.2, 0) is 17.6 Å². The molecule has 23 heavy (non-hydrogen) atoms. The maximum absolute atomic E-state index is 11.5. The van der Waals surface area contributed by atoms with Crippen LogP contribution in [0.5, 0.6) is 0 Å². The molecule has 2 aromatic rings. The van der Waals surface area contributed by atoms with Crippen molar-refractivity contribution < 1.29 is 4.79 Å². The van der Waals surface area contributed by atoms with Gasteiger partial charge in [-0.1, -0.05) is 6.92 Å². The van der Waals surface area contributed by atoms with E-state index in [0.717, 1.165) is 42.5 Å². The highest BCUT2D eigenvalue weighted by Gasteiger charge is 2.28. The second-order valence-electron chi connectivity index (χ2n) is 6.58. The molecule has 4 rings (SSSR count). The van der Waals surface area contributed by atoms with Gasteiger partial charge in [-0.15, -0.1) is 11.3 Å². The van der Waals surface area contributed by atoms with Crippen LogP contribution in [0.1, 0.15) is 23.8 Å². The molecule has 1 aliphatic carbocycles. The zero-order chi connectivity index (χ0) is 16.0. The van der Waals surface area contributed by atoms with Crippen LogP contribution in [-0.4, -0.2) is 41.6 Å². The number of rotatable bonds is 2. The van der Waals surface area contributed by atoms with Gasteiger partial charge < -0.3 is 16.0 Å². The van der Waals surface area contributed by atoms with Crippen molar-refractivity contribution in [2.24, 2.45) is 11.7 Å². The highest BCUT2D eigenvalue weighted by Crippen LogP contribution is 2.40. The van der Waals surface area contributed by atoms with Crippen molar-refractivity contribution in [3.63, 3.8) is 0 Å². The number of primary amides is 1. The quantitative estimate of drug-likeness (QED) is 0.860. The molecule has 1 fully saturated rings. The van der Waals surface area contributed by atoms with E-state index in [4.69, 9.17) is 5.73 Å². The highest BCUT2D eigenvalue weighted by atomic mass is 32.1. The first-order chi connectivity index (χ1) is 11.1. The number of fused-ring (bicyclic) bond motifs is 3. The summed E-state index contributed by atoms with van der Waals surface area (Å²) in [6.45, 7) is 4.45. The summed E-state index contributed by atoms with van der Waals surface area (Å²) in [6, 6.07) is -0.316. The van der Waals surface area contributed by atoms with E-state index in [9.17, 15) is 4.79 Å². The Balaban J connectivity index is 1.77. The van der Waals surface area contributed by atoms with Crippen LogP contribution in [0.15, 0.2) is 6.33 Å². The molecular formula is C16H21N5OS. The summed E-state index contributed by atoms with van der Waals surface area (Å²) in [4.78, 5) is 25.3. The van der Waals surface area contributed by atoms with Gasteiger partial charge in [0, 0.05) is 24.5 Å². The van der Waals surface area contributed by atoms with Gasteiger partial charge in [0.2, 0.25) is 5.91 Å². The molecule has 1 saturated heterocycles. The first-order valence-electron chi connectivity index (χ1n) is 8.16. The first kappa shape index (κ1) is 14.8. The SMILES string of the molecule is CC1CCc2c(sc3ncnc(N4CCNC(C(N)=O)C4)c23)C1. The summed E-state index contributed by atoms with van der Waals surface area (Å²) in [5.74, 6) is 1.40. The van der Waals surface area contributed by atoms with Crippen molar-refractivity contribution in [1.82, 2.24) is 15.3 Å². The topological polar surface area (TPSA) is 84.1 Å². The number of piperazine rings is 1. The lowest BCUT2D eigenvalue weighted by Crippen LogP contribution is -2.56. The summed E-state index contributed by atoms with van der Waals surface area (Å²) in [7, 11) is 0. The van der Waals surface area contributed by atoms with Gasteiger partial charge in [0.15, 0.2) is 0 Å². The van der Waals surface area contributed by atoms with Crippen LogP contribution in [0.3, 0.4) is 0 Å². The molecule has 0 saturated carbocycles. The fourth-order valence-corrected chi connectivity index (χ4v) is 4.98. The average Bonchev–Trinajstić information content (AvgIpc) is 2.92. The van der Waals surface area contributed by atoms with Crippen molar-refractivity contribution in [3.8, 4) is 0 Å². The average molecular weight is 331 g/mol. The Kier molecular flexibility index (Phi) is 3.69. The summed E-state index contributed by atoms with van der Waals surface area (Å²) in [6.07, 6.45) is 5.10. The molecule has 2 unspecified atom stereocenters. The lowest BCUT2D eigenvalue weighted by atomic mass is 9.89. The predicted molar refractivity (Wildman–Crippen MR) is 91.8 cm³/mol. The molecule has 0 aromatic carbocycles. The van der Waals surface area contributed by atoms with Crippen LogP contribution < -0.4 is 16.0 Å². The Hall–Kier alpha value is -1.73. The van der Waals surface area contributed by atoms with E-state index in [1.165, 1.54) is 22.2 Å². The number of amides is 1. The van der Waals surface area contributed by atoms with Crippen molar-refractivity contribution in [1.29, 1.82) is 0 Å². The first-order valence-corrected chi connectivity index (χ1v) is 8.98. The zero-order valence-corrected chi connectivity index (χ0v) is 14.0. The fourth-order valence-electron chi connectivity index (χ4n) is 3.63. The number of hydrogen-bond acceptors (Lipinski definition) is 6. The molecule has 3 heterocycles. The zero-order valence-electron chi connectivity index (χ0n) is 13.2. The van der Waals surface area contributed by atoms with Gasteiger partial charge in [-0.05, 0) is 30.7 Å². The number of hydrogen-bond donors (Lipinski definition) is 2. The van der Waals surface area contributed by atoms with Gasteiger partial charge in [-0.3, -0.25) is 4.79 Å². The molecule has 0 bridgehead atoms. The number of nitrogens with zero attached hydrogens (tertiary/aromatic N) is 3. The highest BCUT2D eigenvalue weighted by molar-refractivity contribution is 7.19. The van der Waals surface area contributed by atoms with E-state index in [1.54, 1.807) is 17.7 Å². The van der Waals surface area contributed by atoms with Crippen molar-refractivity contribution in [2.45, 2.75) is 32.2 Å². The van der Waals surface area contributed by atoms with Crippen molar-refractivity contribution >= 4 is 33.3 Å². The number of nitrogens with two attached hydrogens (primary N) is 1. The molecule has 6 nitrogen and oxygen atoms in total. The number of thiophene rings is 1. The molecule has 7 heteroatoms. The van der Waals surface area contributed by atoms with Crippen molar-refractivity contribution in [3.05, 3.63) is 16.8 Å². The van der Waals surface area contributed by atoms with Gasteiger partial charge in [-0.25, -0.2) is 9.97 Å². The second kappa shape index (κ2) is 5.72. The third-order valence-electron chi connectivity index (χ3n) is 4.89. The number of anilines is 1. The van der Waals surface area contributed by atoms with Gasteiger partial charge in [0.05, 0.1) is 5.39 Å². The van der Waals surface area contributed by atoms with Crippen molar-refractivity contribution in [2.75, 3.05) is 24.5 Å². The summed E-state index contributed by atoms with van der Waals surface area (Å²) >= 11 is 1.80.